The van der Waals surface area contributed by atoms with E-state index in [9.17, 15) is 9.59 Å². The number of piperidine rings is 1. The van der Waals surface area contributed by atoms with E-state index in [1.54, 1.807) is 11.3 Å². The van der Waals surface area contributed by atoms with E-state index in [-0.39, 0.29) is 17.9 Å². The van der Waals surface area contributed by atoms with Gasteiger partial charge in [-0.1, -0.05) is 37.3 Å². The van der Waals surface area contributed by atoms with Crippen LogP contribution in [0.1, 0.15) is 45.6 Å². The molecular formula is C25H32N2O2S. The molecule has 2 atom stereocenters. The smallest absolute Gasteiger partial charge is 0.226 e. The first-order valence-corrected chi connectivity index (χ1v) is 12.0. The molecule has 1 aliphatic carbocycles. The van der Waals surface area contributed by atoms with Gasteiger partial charge in [0.1, 0.15) is 0 Å². The number of carbonyl (C=O) groups excluding carboxylic acids is 2. The van der Waals surface area contributed by atoms with Crippen LogP contribution in [-0.4, -0.2) is 35.8 Å². The van der Waals surface area contributed by atoms with Crippen molar-refractivity contribution in [3.63, 3.8) is 0 Å². The van der Waals surface area contributed by atoms with Gasteiger partial charge < -0.3 is 10.2 Å². The second-order valence-corrected chi connectivity index (χ2v) is 10.3. The van der Waals surface area contributed by atoms with Crippen molar-refractivity contribution in [1.82, 2.24) is 10.2 Å². The van der Waals surface area contributed by atoms with Crippen molar-refractivity contribution >= 4 is 23.2 Å². The zero-order chi connectivity index (χ0) is 21.3. The van der Waals surface area contributed by atoms with Gasteiger partial charge in [-0.3, -0.25) is 9.59 Å². The lowest BCUT2D eigenvalue weighted by Gasteiger charge is -2.41. The predicted octanol–water partition coefficient (Wildman–Crippen LogP) is 4.75. The second-order valence-electron chi connectivity index (χ2n) is 9.36. The van der Waals surface area contributed by atoms with Crippen molar-refractivity contribution < 1.29 is 9.59 Å². The Kier molecular flexibility index (Phi) is 6.01. The molecule has 1 saturated carbocycles. The van der Waals surface area contributed by atoms with Crippen molar-refractivity contribution in [3.8, 4) is 10.4 Å². The van der Waals surface area contributed by atoms with Crippen LogP contribution in [0.5, 0.6) is 0 Å². The minimum absolute atomic E-state index is 0.105. The highest BCUT2D eigenvalue weighted by molar-refractivity contribution is 7.13. The molecule has 0 bridgehead atoms. The lowest BCUT2D eigenvalue weighted by Crippen LogP contribution is -2.52. The molecule has 5 heteroatoms. The number of nitrogens with zero attached hydrogens (tertiary/aromatic N) is 1. The zero-order valence-electron chi connectivity index (χ0n) is 18.2. The standard InChI is InChI=1S/C25H32N2O2S/c1-17(2)26-24(29)25(10-12-27(13-11-25)23(28)21-15-18(21)3)16-19-7-4-5-8-20(19)22-9-6-14-30-22/h4-9,14,17-18,21H,10-13,15-16H2,1-3H3,(H,26,29). The summed E-state index contributed by atoms with van der Waals surface area (Å²) in [6.07, 6.45) is 3.17. The van der Waals surface area contributed by atoms with Crippen LogP contribution in [0.25, 0.3) is 10.4 Å². The molecule has 1 saturated heterocycles. The summed E-state index contributed by atoms with van der Waals surface area (Å²) < 4.78 is 0. The van der Waals surface area contributed by atoms with Gasteiger partial charge in [0.25, 0.3) is 0 Å². The molecule has 1 N–H and O–H groups in total. The average molecular weight is 425 g/mol. The van der Waals surface area contributed by atoms with Crippen molar-refractivity contribution in [2.45, 2.75) is 52.5 Å². The third-order valence-corrected chi connectivity index (χ3v) is 7.60. The zero-order valence-corrected chi connectivity index (χ0v) is 19.0. The lowest BCUT2D eigenvalue weighted by atomic mass is 9.72. The lowest BCUT2D eigenvalue weighted by molar-refractivity contribution is -0.141. The molecule has 2 amide bonds. The molecule has 1 aromatic heterocycles. The Morgan fingerprint density at radius 1 is 1.17 bits per heavy atom. The summed E-state index contributed by atoms with van der Waals surface area (Å²) in [4.78, 5) is 29.4. The van der Waals surface area contributed by atoms with Crippen molar-refractivity contribution in [3.05, 3.63) is 47.3 Å². The number of rotatable bonds is 6. The second kappa shape index (κ2) is 8.54. The molecule has 4 nitrogen and oxygen atoms in total. The van der Waals surface area contributed by atoms with E-state index < -0.39 is 5.41 Å². The summed E-state index contributed by atoms with van der Waals surface area (Å²) in [5, 5.41) is 5.27. The topological polar surface area (TPSA) is 49.4 Å². The Bertz CT molecular complexity index is 898. The number of carbonyl (C=O) groups is 2. The summed E-state index contributed by atoms with van der Waals surface area (Å²) >= 11 is 1.73. The highest BCUT2D eigenvalue weighted by Crippen LogP contribution is 2.43. The van der Waals surface area contributed by atoms with Gasteiger partial charge in [-0.25, -0.2) is 0 Å². The maximum atomic E-state index is 13.4. The monoisotopic (exact) mass is 424 g/mol. The van der Waals surface area contributed by atoms with Crippen LogP contribution in [0, 0.1) is 17.3 Å². The summed E-state index contributed by atoms with van der Waals surface area (Å²) in [5.74, 6) is 1.15. The van der Waals surface area contributed by atoms with Gasteiger partial charge >= 0.3 is 0 Å². The molecule has 0 spiro atoms. The van der Waals surface area contributed by atoms with E-state index >= 15 is 0 Å². The van der Waals surface area contributed by atoms with Crippen LogP contribution in [-0.2, 0) is 16.0 Å². The molecule has 2 aliphatic rings. The van der Waals surface area contributed by atoms with Gasteiger partial charge in [-0.15, -0.1) is 11.3 Å². The van der Waals surface area contributed by atoms with E-state index in [0.29, 0.717) is 31.3 Å². The van der Waals surface area contributed by atoms with E-state index in [4.69, 9.17) is 0 Å². The maximum Gasteiger partial charge on any atom is 0.226 e. The number of thiophene rings is 1. The van der Waals surface area contributed by atoms with Crippen molar-refractivity contribution in [1.29, 1.82) is 0 Å². The van der Waals surface area contributed by atoms with E-state index in [0.717, 1.165) is 19.3 Å². The summed E-state index contributed by atoms with van der Waals surface area (Å²) in [5.41, 5.74) is 1.97. The van der Waals surface area contributed by atoms with E-state index in [1.165, 1.54) is 16.0 Å². The minimum atomic E-state index is -0.469. The van der Waals surface area contributed by atoms with Crippen LogP contribution in [0.3, 0.4) is 0 Å². The SMILES string of the molecule is CC(C)NC(=O)C1(Cc2ccccc2-c2cccs2)CCN(C(=O)C2CC2C)CC1. The molecule has 0 radical (unpaired) electrons. The van der Waals surface area contributed by atoms with E-state index in [2.05, 4.69) is 54.0 Å². The Morgan fingerprint density at radius 2 is 1.87 bits per heavy atom. The van der Waals surface area contributed by atoms with Gasteiger partial charge in [-0.2, -0.15) is 0 Å². The molecule has 2 unspecified atom stereocenters. The summed E-state index contributed by atoms with van der Waals surface area (Å²) in [6.45, 7) is 7.52. The number of benzene rings is 1. The molecule has 1 aliphatic heterocycles. The average Bonchev–Trinajstić information content (AvgIpc) is 3.22. The normalized spacial score (nSPS) is 22.7. The van der Waals surface area contributed by atoms with Crippen LogP contribution >= 0.6 is 11.3 Å². The molecule has 4 rings (SSSR count). The van der Waals surface area contributed by atoms with Gasteiger partial charge in [0.2, 0.25) is 11.8 Å². The quantitative estimate of drug-likeness (QED) is 0.728. The first-order chi connectivity index (χ1) is 14.4. The van der Waals surface area contributed by atoms with Crippen molar-refractivity contribution in [2.75, 3.05) is 13.1 Å². The largest absolute Gasteiger partial charge is 0.353 e. The summed E-state index contributed by atoms with van der Waals surface area (Å²) in [6, 6.07) is 12.8. The first kappa shape index (κ1) is 21.1. The highest BCUT2D eigenvalue weighted by Gasteiger charge is 2.46. The van der Waals surface area contributed by atoms with Gasteiger partial charge in [0.15, 0.2) is 0 Å². The molecule has 1 aromatic carbocycles. The number of amides is 2. The highest BCUT2D eigenvalue weighted by atomic mass is 32.1. The number of likely N-dealkylation sites (tertiary alicyclic amines) is 1. The van der Waals surface area contributed by atoms with E-state index in [1.807, 2.05) is 18.7 Å². The predicted molar refractivity (Wildman–Crippen MR) is 122 cm³/mol. The van der Waals surface area contributed by atoms with Crippen LogP contribution in [0.15, 0.2) is 41.8 Å². The Morgan fingerprint density at radius 3 is 2.47 bits per heavy atom. The van der Waals surface area contributed by atoms with Gasteiger partial charge in [-0.05, 0) is 68.0 Å². The Labute approximate surface area is 183 Å². The molecule has 30 heavy (non-hydrogen) atoms. The molecule has 2 heterocycles. The molecular weight excluding hydrogens is 392 g/mol. The fraction of sp³-hybridized carbons (Fsp3) is 0.520. The van der Waals surface area contributed by atoms with Crippen LogP contribution in [0.4, 0.5) is 0 Å². The third-order valence-electron chi connectivity index (χ3n) is 6.69. The fourth-order valence-corrected chi connectivity index (χ4v) is 5.45. The van der Waals surface area contributed by atoms with Gasteiger partial charge in [0, 0.05) is 29.9 Å². The Hall–Kier alpha value is -2.14. The number of hydrogen-bond acceptors (Lipinski definition) is 3. The van der Waals surface area contributed by atoms with Gasteiger partial charge in [0.05, 0.1) is 5.41 Å². The number of hydrogen-bond donors (Lipinski definition) is 1. The third kappa shape index (κ3) is 4.31. The van der Waals surface area contributed by atoms with Crippen molar-refractivity contribution in [2.24, 2.45) is 17.3 Å². The summed E-state index contributed by atoms with van der Waals surface area (Å²) in [7, 11) is 0. The molecule has 160 valence electrons. The Balaban J connectivity index is 1.57. The minimum Gasteiger partial charge on any atom is -0.353 e. The van der Waals surface area contributed by atoms with Crippen LogP contribution in [0.2, 0.25) is 0 Å². The molecule has 2 aromatic rings. The fourth-order valence-electron chi connectivity index (χ4n) is 4.67. The molecule has 2 fully saturated rings. The van der Waals surface area contributed by atoms with Crippen LogP contribution < -0.4 is 5.32 Å². The number of nitrogens with one attached hydrogen (secondary N) is 1. The first-order valence-electron chi connectivity index (χ1n) is 11.1. The maximum absolute atomic E-state index is 13.4.